The van der Waals surface area contributed by atoms with Gasteiger partial charge in [-0.1, -0.05) is 24.3 Å². The van der Waals surface area contributed by atoms with E-state index in [4.69, 9.17) is 0 Å². The van der Waals surface area contributed by atoms with Crippen molar-refractivity contribution in [3.05, 3.63) is 60.4 Å². The highest BCUT2D eigenvalue weighted by atomic mass is 16.2. The van der Waals surface area contributed by atoms with Gasteiger partial charge in [0.15, 0.2) is 0 Å². The third-order valence-corrected chi connectivity index (χ3v) is 6.79. The molecule has 6 heteroatoms. The zero-order chi connectivity index (χ0) is 21.9. The first kappa shape index (κ1) is 20.7. The van der Waals surface area contributed by atoms with Crippen LogP contribution in [0.5, 0.6) is 0 Å². The van der Waals surface area contributed by atoms with Crippen LogP contribution >= 0.6 is 0 Å². The minimum atomic E-state index is -0.175. The summed E-state index contributed by atoms with van der Waals surface area (Å²) in [4.78, 5) is 28.8. The molecule has 5 rings (SSSR count). The van der Waals surface area contributed by atoms with Crippen LogP contribution in [0.3, 0.4) is 0 Å². The Morgan fingerprint density at radius 1 is 0.969 bits per heavy atom. The van der Waals surface area contributed by atoms with Crippen LogP contribution in [0, 0.1) is 0 Å². The molecule has 1 aromatic heterocycles. The van der Waals surface area contributed by atoms with Gasteiger partial charge in [-0.3, -0.25) is 4.79 Å². The Bertz CT molecular complexity index is 1070. The summed E-state index contributed by atoms with van der Waals surface area (Å²) >= 11 is 0. The average molecular weight is 430 g/mol. The summed E-state index contributed by atoms with van der Waals surface area (Å²) in [6.07, 6.45) is 7.34. The summed E-state index contributed by atoms with van der Waals surface area (Å²) in [7, 11) is 1.91. The van der Waals surface area contributed by atoms with E-state index in [2.05, 4.69) is 44.0 Å². The normalized spacial score (nSPS) is 18.8. The lowest BCUT2D eigenvalue weighted by Gasteiger charge is -2.30. The lowest BCUT2D eigenvalue weighted by Crippen LogP contribution is -2.44. The molecule has 1 amide bonds. The van der Waals surface area contributed by atoms with Crippen LogP contribution in [0.4, 0.5) is 11.5 Å². The second-order valence-corrected chi connectivity index (χ2v) is 8.97. The van der Waals surface area contributed by atoms with Crippen molar-refractivity contribution < 1.29 is 4.79 Å². The minimum absolute atomic E-state index is 0.158. The van der Waals surface area contributed by atoms with Crippen LogP contribution in [0.1, 0.15) is 37.7 Å². The van der Waals surface area contributed by atoms with E-state index in [1.165, 1.54) is 30.5 Å². The average Bonchev–Trinajstić information content (AvgIpc) is 3.34. The molecule has 2 aliphatic rings. The number of para-hydroxylation sites is 1. The van der Waals surface area contributed by atoms with Crippen LogP contribution < -0.4 is 9.80 Å². The van der Waals surface area contributed by atoms with Crippen molar-refractivity contribution in [1.82, 2.24) is 14.9 Å². The van der Waals surface area contributed by atoms with Crippen molar-refractivity contribution in [2.45, 2.75) is 44.7 Å². The van der Waals surface area contributed by atoms with Gasteiger partial charge < -0.3 is 14.7 Å². The Balaban J connectivity index is 1.29. The van der Waals surface area contributed by atoms with Crippen LogP contribution in [-0.2, 0) is 11.3 Å². The molecule has 2 aromatic carbocycles. The first-order valence-corrected chi connectivity index (χ1v) is 11.8. The lowest BCUT2D eigenvalue weighted by atomic mass is 10.1. The molecular formula is C26H31N5O. The fourth-order valence-corrected chi connectivity index (χ4v) is 5.07. The summed E-state index contributed by atoms with van der Waals surface area (Å²) in [5, 5.41) is 1.01. The Kier molecular flexibility index (Phi) is 5.93. The topological polar surface area (TPSA) is 52.6 Å². The predicted octanol–water partition coefficient (Wildman–Crippen LogP) is 4.25. The Labute approximate surface area is 189 Å². The molecule has 2 saturated heterocycles. The number of fused-ring (bicyclic) bond motifs is 1. The molecule has 3 heterocycles. The summed E-state index contributed by atoms with van der Waals surface area (Å²) in [6, 6.07) is 16.6. The highest BCUT2D eigenvalue weighted by molar-refractivity contribution is 5.93. The molecule has 32 heavy (non-hydrogen) atoms. The molecule has 2 aliphatic heterocycles. The SMILES string of the molecule is CN(Cc1ccc(N2CCCCC2)cc1)C(=O)C1CCCN1c1ncnc2ccccc12. The van der Waals surface area contributed by atoms with Crippen molar-refractivity contribution in [3.8, 4) is 0 Å². The molecule has 1 unspecified atom stereocenters. The highest BCUT2D eigenvalue weighted by Gasteiger charge is 2.34. The highest BCUT2D eigenvalue weighted by Crippen LogP contribution is 2.30. The number of piperidine rings is 1. The van der Waals surface area contributed by atoms with Gasteiger partial charge in [0.2, 0.25) is 5.91 Å². The van der Waals surface area contributed by atoms with E-state index in [-0.39, 0.29) is 11.9 Å². The molecular weight excluding hydrogens is 398 g/mol. The van der Waals surface area contributed by atoms with Crippen LogP contribution in [0.15, 0.2) is 54.9 Å². The molecule has 0 spiro atoms. The smallest absolute Gasteiger partial charge is 0.245 e. The van der Waals surface area contributed by atoms with Gasteiger partial charge in [-0.15, -0.1) is 0 Å². The fourth-order valence-electron chi connectivity index (χ4n) is 5.07. The molecule has 6 nitrogen and oxygen atoms in total. The first-order chi connectivity index (χ1) is 15.7. The number of rotatable bonds is 5. The number of hydrogen-bond acceptors (Lipinski definition) is 5. The number of hydrogen-bond donors (Lipinski definition) is 0. The number of aromatic nitrogens is 2. The number of carbonyl (C=O) groups is 1. The molecule has 0 N–H and O–H groups in total. The maximum absolute atomic E-state index is 13.4. The van der Waals surface area contributed by atoms with Crippen LogP contribution in [-0.4, -0.2) is 53.5 Å². The van der Waals surface area contributed by atoms with E-state index in [0.717, 1.165) is 49.2 Å². The number of benzene rings is 2. The molecule has 166 valence electrons. The monoisotopic (exact) mass is 429 g/mol. The van der Waals surface area contributed by atoms with Gasteiger partial charge in [0.25, 0.3) is 0 Å². The molecule has 2 fully saturated rings. The third-order valence-electron chi connectivity index (χ3n) is 6.79. The van der Waals surface area contributed by atoms with Crippen LogP contribution in [0.2, 0.25) is 0 Å². The summed E-state index contributed by atoms with van der Waals surface area (Å²) in [6.45, 7) is 3.75. The predicted molar refractivity (Wildman–Crippen MR) is 129 cm³/mol. The molecule has 0 bridgehead atoms. The maximum Gasteiger partial charge on any atom is 0.245 e. The number of nitrogens with zero attached hydrogens (tertiary/aromatic N) is 5. The molecule has 3 aromatic rings. The zero-order valence-electron chi connectivity index (χ0n) is 18.8. The van der Waals surface area contributed by atoms with Gasteiger partial charge in [-0.05, 0) is 61.9 Å². The Morgan fingerprint density at radius 2 is 1.75 bits per heavy atom. The van der Waals surface area contributed by atoms with Crippen LogP contribution in [0.25, 0.3) is 10.9 Å². The number of carbonyl (C=O) groups excluding carboxylic acids is 1. The molecule has 0 radical (unpaired) electrons. The number of amides is 1. The fraction of sp³-hybridized carbons (Fsp3) is 0.423. The Hall–Kier alpha value is -3.15. The summed E-state index contributed by atoms with van der Waals surface area (Å²) in [5.41, 5.74) is 3.37. The Morgan fingerprint density at radius 3 is 2.56 bits per heavy atom. The van der Waals surface area contributed by atoms with E-state index in [9.17, 15) is 4.79 Å². The van der Waals surface area contributed by atoms with Gasteiger partial charge in [-0.25, -0.2) is 9.97 Å². The van der Waals surface area contributed by atoms with Crippen molar-refractivity contribution in [2.75, 3.05) is 36.5 Å². The third kappa shape index (κ3) is 4.14. The van der Waals surface area contributed by atoms with E-state index in [1.54, 1.807) is 6.33 Å². The van der Waals surface area contributed by atoms with Gasteiger partial charge in [0.05, 0.1) is 5.52 Å². The first-order valence-electron chi connectivity index (χ1n) is 11.8. The van der Waals surface area contributed by atoms with Gasteiger partial charge in [-0.2, -0.15) is 0 Å². The number of likely N-dealkylation sites (N-methyl/N-ethyl adjacent to an activating group) is 1. The second kappa shape index (κ2) is 9.15. The van der Waals surface area contributed by atoms with Crippen molar-refractivity contribution in [1.29, 1.82) is 0 Å². The van der Waals surface area contributed by atoms with Gasteiger partial charge >= 0.3 is 0 Å². The quantitative estimate of drug-likeness (QED) is 0.607. The largest absolute Gasteiger partial charge is 0.372 e. The maximum atomic E-state index is 13.4. The number of anilines is 2. The van der Waals surface area contributed by atoms with E-state index in [1.807, 2.05) is 36.2 Å². The van der Waals surface area contributed by atoms with Gasteiger partial charge in [0.1, 0.15) is 18.2 Å². The standard InChI is InChI=1S/C26H31N5O/c1-29(18-20-11-13-21(14-12-20)30-15-5-2-6-16-30)26(32)24-10-7-17-31(24)25-22-8-3-4-9-23(22)27-19-28-25/h3-4,8-9,11-14,19,24H,2,5-7,10,15-18H2,1H3. The molecule has 0 saturated carbocycles. The van der Waals surface area contributed by atoms with E-state index in [0.29, 0.717) is 6.54 Å². The van der Waals surface area contributed by atoms with Crippen molar-refractivity contribution >= 4 is 28.3 Å². The molecule has 1 atom stereocenters. The zero-order valence-corrected chi connectivity index (χ0v) is 18.8. The van der Waals surface area contributed by atoms with Crippen molar-refractivity contribution in [2.24, 2.45) is 0 Å². The summed E-state index contributed by atoms with van der Waals surface area (Å²) < 4.78 is 0. The van der Waals surface area contributed by atoms with Crippen molar-refractivity contribution in [3.63, 3.8) is 0 Å². The summed E-state index contributed by atoms with van der Waals surface area (Å²) in [5.74, 6) is 1.02. The lowest BCUT2D eigenvalue weighted by molar-refractivity contribution is -0.131. The minimum Gasteiger partial charge on any atom is -0.372 e. The second-order valence-electron chi connectivity index (χ2n) is 8.97. The van der Waals surface area contributed by atoms with E-state index < -0.39 is 0 Å². The van der Waals surface area contributed by atoms with Gasteiger partial charge in [0, 0.05) is 44.3 Å². The van der Waals surface area contributed by atoms with E-state index >= 15 is 0 Å². The molecule has 0 aliphatic carbocycles.